The first-order chi connectivity index (χ1) is 7.74. The molecule has 0 saturated heterocycles. The SMILES string of the molecule is Nc1ccc(OCCCCCCO)c(F)c1. The molecule has 0 unspecified atom stereocenters. The van der Waals surface area contributed by atoms with Gasteiger partial charge in [-0.25, -0.2) is 4.39 Å². The van der Waals surface area contributed by atoms with Crippen LogP contribution in [-0.4, -0.2) is 18.3 Å². The van der Waals surface area contributed by atoms with Crippen LogP contribution in [0.25, 0.3) is 0 Å². The first-order valence-electron chi connectivity index (χ1n) is 5.52. The maximum Gasteiger partial charge on any atom is 0.167 e. The predicted octanol–water partition coefficient (Wildman–Crippen LogP) is 2.34. The summed E-state index contributed by atoms with van der Waals surface area (Å²) in [4.78, 5) is 0. The molecule has 1 rings (SSSR count). The smallest absolute Gasteiger partial charge is 0.167 e. The molecule has 0 aliphatic rings. The highest BCUT2D eigenvalue weighted by Crippen LogP contribution is 2.19. The van der Waals surface area contributed by atoms with Crippen molar-refractivity contribution in [3.05, 3.63) is 24.0 Å². The van der Waals surface area contributed by atoms with Crippen LogP contribution in [0.15, 0.2) is 18.2 Å². The zero-order valence-electron chi connectivity index (χ0n) is 9.29. The molecule has 0 saturated carbocycles. The van der Waals surface area contributed by atoms with Gasteiger partial charge in [0.25, 0.3) is 0 Å². The average molecular weight is 227 g/mol. The number of hydrogen-bond donors (Lipinski definition) is 2. The lowest BCUT2D eigenvalue weighted by atomic mass is 10.2. The van der Waals surface area contributed by atoms with Crippen molar-refractivity contribution in [3.63, 3.8) is 0 Å². The summed E-state index contributed by atoms with van der Waals surface area (Å²) in [7, 11) is 0. The summed E-state index contributed by atoms with van der Waals surface area (Å²) in [5.74, 6) is -0.174. The highest BCUT2D eigenvalue weighted by atomic mass is 19.1. The van der Waals surface area contributed by atoms with Crippen LogP contribution in [0.5, 0.6) is 5.75 Å². The molecule has 4 heteroatoms. The van der Waals surface area contributed by atoms with Crippen molar-refractivity contribution >= 4 is 5.69 Å². The van der Waals surface area contributed by atoms with Crippen molar-refractivity contribution < 1.29 is 14.2 Å². The van der Waals surface area contributed by atoms with Gasteiger partial charge in [0.2, 0.25) is 0 Å². The van der Waals surface area contributed by atoms with Crippen LogP contribution in [0.3, 0.4) is 0 Å². The van der Waals surface area contributed by atoms with Gasteiger partial charge in [0, 0.05) is 18.4 Å². The zero-order chi connectivity index (χ0) is 11.8. The molecule has 0 aliphatic carbocycles. The van der Waals surface area contributed by atoms with Crippen LogP contribution in [-0.2, 0) is 0 Å². The van der Waals surface area contributed by atoms with Crippen molar-refractivity contribution in [3.8, 4) is 5.75 Å². The minimum atomic E-state index is -0.421. The van der Waals surface area contributed by atoms with E-state index in [9.17, 15) is 4.39 Å². The minimum Gasteiger partial charge on any atom is -0.491 e. The quantitative estimate of drug-likeness (QED) is 0.555. The highest BCUT2D eigenvalue weighted by molar-refractivity contribution is 5.42. The monoisotopic (exact) mass is 227 g/mol. The second kappa shape index (κ2) is 7.06. The van der Waals surface area contributed by atoms with E-state index in [0.29, 0.717) is 12.3 Å². The van der Waals surface area contributed by atoms with Gasteiger partial charge >= 0.3 is 0 Å². The molecule has 0 heterocycles. The fraction of sp³-hybridized carbons (Fsp3) is 0.500. The summed E-state index contributed by atoms with van der Waals surface area (Å²) in [5.41, 5.74) is 5.81. The van der Waals surface area contributed by atoms with Crippen molar-refractivity contribution in [1.29, 1.82) is 0 Å². The van der Waals surface area contributed by atoms with Gasteiger partial charge in [-0.05, 0) is 31.4 Å². The van der Waals surface area contributed by atoms with Gasteiger partial charge in [0.1, 0.15) is 0 Å². The Bertz CT molecular complexity index is 318. The van der Waals surface area contributed by atoms with Gasteiger partial charge in [0.15, 0.2) is 11.6 Å². The number of halogens is 1. The van der Waals surface area contributed by atoms with Gasteiger partial charge in [0.05, 0.1) is 6.61 Å². The first kappa shape index (κ1) is 12.8. The maximum atomic E-state index is 13.2. The van der Waals surface area contributed by atoms with Crippen LogP contribution in [0.1, 0.15) is 25.7 Å². The summed E-state index contributed by atoms with van der Waals surface area (Å²) < 4.78 is 18.5. The summed E-state index contributed by atoms with van der Waals surface area (Å²) in [6.07, 6.45) is 3.64. The lowest BCUT2D eigenvalue weighted by molar-refractivity contribution is 0.270. The van der Waals surface area contributed by atoms with Crippen molar-refractivity contribution in [2.45, 2.75) is 25.7 Å². The summed E-state index contributed by atoms with van der Waals surface area (Å²) in [6, 6.07) is 4.41. The zero-order valence-corrected chi connectivity index (χ0v) is 9.29. The van der Waals surface area contributed by atoms with Crippen molar-refractivity contribution in [1.82, 2.24) is 0 Å². The lowest BCUT2D eigenvalue weighted by Crippen LogP contribution is -2.00. The molecule has 16 heavy (non-hydrogen) atoms. The van der Waals surface area contributed by atoms with E-state index < -0.39 is 5.82 Å². The van der Waals surface area contributed by atoms with Crippen LogP contribution in [0, 0.1) is 5.82 Å². The second-order valence-electron chi connectivity index (χ2n) is 3.68. The molecule has 0 radical (unpaired) electrons. The third kappa shape index (κ3) is 4.49. The van der Waals surface area contributed by atoms with Crippen LogP contribution in [0.2, 0.25) is 0 Å². The molecular weight excluding hydrogens is 209 g/mol. The number of benzene rings is 1. The molecular formula is C12H18FNO2. The Hall–Kier alpha value is -1.29. The predicted molar refractivity (Wildman–Crippen MR) is 61.9 cm³/mol. The Morgan fingerprint density at radius 2 is 1.94 bits per heavy atom. The number of aliphatic hydroxyl groups excluding tert-OH is 1. The largest absolute Gasteiger partial charge is 0.491 e. The molecule has 0 spiro atoms. The number of nitrogens with two attached hydrogens (primary N) is 1. The first-order valence-corrected chi connectivity index (χ1v) is 5.52. The Labute approximate surface area is 95.0 Å². The summed E-state index contributed by atoms with van der Waals surface area (Å²) in [6.45, 7) is 0.722. The number of ether oxygens (including phenoxy) is 1. The van der Waals surface area contributed by atoms with Crippen LogP contribution in [0.4, 0.5) is 10.1 Å². The van der Waals surface area contributed by atoms with Gasteiger partial charge in [-0.1, -0.05) is 6.42 Å². The van der Waals surface area contributed by atoms with E-state index >= 15 is 0 Å². The minimum absolute atomic E-state index is 0.230. The number of rotatable bonds is 7. The van der Waals surface area contributed by atoms with Gasteiger partial charge in [-0.15, -0.1) is 0 Å². The Morgan fingerprint density at radius 3 is 2.62 bits per heavy atom. The van der Waals surface area contributed by atoms with E-state index in [-0.39, 0.29) is 12.4 Å². The van der Waals surface area contributed by atoms with E-state index in [1.54, 1.807) is 12.1 Å². The summed E-state index contributed by atoms with van der Waals surface area (Å²) >= 11 is 0. The van der Waals surface area contributed by atoms with E-state index in [0.717, 1.165) is 25.7 Å². The molecule has 0 aliphatic heterocycles. The average Bonchev–Trinajstić information content (AvgIpc) is 2.26. The van der Waals surface area contributed by atoms with Gasteiger partial charge < -0.3 is 15.6 Å². The topological polar surface area (TPSA) is 55.5 Å². The van der Waals surface area contributed by atoms with E-state index in [4.69, 9.17) is 15.6 Å². The molecule has 0 fully saturated rings. The molecule has 90 valence electrons. The number of anilines is 1. The van der Waals surface area contributed by atoms with Crippen LogP contribution < -0.4 is 10.5 Å². The molecule has 0 amide bonds. The molecule has 0 atom stereocenters. The molecule has 1 aromatic rings. The second-order valence-corrected chi connectivity index (χ2v) is 3.68. The lowest BCUT2D eigenvalue weighted by Gasteiger charge is -2.07. The highest BCUT2D eigenvalue weighted by Gasteiger charge is 2.02. The fourth-order valence-corrected chi connectivity index (χ4v) is 1.38. The Morgan fingerprint density at radius 1 is 1.19 bits per heavy atom. The standard InChI is InChI=1S/C12H18FNO2/c13-11-9-10(14)5-6-12(11)16-8-4-2-1-3-7-15/h5-6,9,15H,1-4,7-8,14H2. The third-order valence-electron chi connectivity index (χ3n) is 2.27. The molecule has 0 bridgehead atoms. The molecule has 0 aromatic heterocycles. The Kier molecular flexibility index (Phi) is 5.64. The van der Waals surface area contributed by atoms with Crippen molar-refractivity contribution in [2.75, 3.05) is 18.9 Å². The van der Waals surface area contributed by atoms with Gasteiger partial charge in [-0.3, -0.25) is 0 Å². The number of hydrogen-bond acceptors (Lipinski definition) is 3. The van der Waals surface area contributed by atoms with Gasteiger partial charge in [-0.2, -0.15) is 0 Å². The normalized spacial score (nSPS) is 10.4. The third-order valence-corrected chi connectivity index (χ3v) is 2.27. The summed E-state index contributed by atoms with van der Waals surface area (Å²) in [5, 5.41) is 8.57. The van der Waals surface area contributed by atoms with Crippen molar-refractivity contribution in [2.24, 2.45) is 0 Å². The van der Waals surface area contributed by atoms with E-state index in [1.165, 1.54) is 6.07 Å². The maximum absolute atomic E-state index is 13.2. The fourth-order valence-electron chi connectivity index (χ4n) is 1.38. The number of nitrogen functional groups attached to an aromatic ring is 1. The number of aliphatic hydroxyl groups is 1. The Balaban J connectivity index is 2.21. The molecule has 3 nitrogen and oxygen atoms in total. The molecule has 3 N–H and O–H groups in total. The van der Waals surface area contributed by atoms with Crippen LogP contribution >= 0.6 is 0 Å². The number of unbranched alkanes of at least 4 members (excludes halogenated alkanes) is 3. The van der Waals surface area contributed by atoms with E-state index in [1.807, 2.05) is 0 Å². The molecule has 1 aromatic carbocycles. The van der Waals surface area contributed by atoms with E-state index in [2.05, 4.69) is 0 Å².